The lowest BCUT2D eigenvalue weighted by atomic mass is 9.92. The van der Waals surface area contributed by atoms with Crippen LogP contribution in [0.25, 0.3) is 0 Å². The van der Waals surface area contributed by atoms with Gasteiger partial charge in [0.05, 0.1) is 0 Å². The molecule has 0 fully saturated rings. The van der Waals surface area contributed by atoms with E-state index < -0.39 is 0 Å². The highest BCUT2D eigenvalue weighted by molar-refractivity contribution is 6.36. The Morgan fingerprint density at radius 3 is 2.05 bits per heavy atom. The van der Waals surface area contributed by atoms with E-state index in [1.807, 2.05) is 32.3 Å². The summed E-state index contributed by atoms with van der Waals surface area (Å²) in [4.78, 5) is 2.08. The summed E-state index contributed by atoms with van der Waals surface area (Å²) in [5.41, 5.74) is 9.30. The lowest BCUT2D eigenvalue weighted by Gasteiger charge is -2.19. The Labute approximate surface area is 136 Å². The molecule has 0 amide bonds. The summed E-state index contributed by atoms with van der Waals surface area (Å²) < 4.78 is 0. The monoisotopic (exact) mass is 322 g/mol. The molecule has 0 aliphatic heterocycles. The van der Waals surface area contributed by atoms with Crippen molar-refractivity contribution in [1.29, 1.82) is 0 Å². The van der Waals surface area contributed by atoms with Crippen LogP contribution in [0.4, 0.5) is 5.69 Å². The average Bonchev–Trinajstić information content (AvgIpc) is 2.47. The molecule has 2 rings (SSSR count). The van der Waals surface area contributed by atoms with Gasteiger partial charge in [-0.25, -0.2) is 0 Å². The largest absolute Gasteiger partial charge is 0.378 e. The minimum atomic E-state index is 0.207. The Morgan fingerprint density at radius 1 is 1.00 bits per heavy atom. The average molecular weight is 323 g/mol. The van der Waals surface area contributed by atoms with Crippen LogP contribution in [0.15, 0.2) is 42.5 Å². The predicted octanol–water partition coefficient (Wildman–Crippen LogP) is 4.34. The molecule has 2 N–H and O–H groups in total. The molecular formula is C17H20Cl2N2. The quantitative estimate of drug-likeness (QED) is 0.887. The molecule has 4 heteroatoms. The topological polar surface area (TPSA) is 29.3 Å². The third kappa shape index (κ3) is 3.91. The maximum absolute atomic E-state index is 6.25. The van der Waals surface area contributed by atoms with Crippen molar-refractivity contribution < 1.29 is 0 Å². The van der Waals surface area contributed by atoms with E-state index in [2.05, 4.69) is 29.2 Å². The van der Waals surface area contributed by atoms with Gasteiger partial charge in [0, 0.05) is 35.7 Å². The highest BCUT2D eigenvalue weighted by atomic mass is 35.5. The number of rotatable bonds is 5. The highest BCUT2D eigenvalue weighted by Gasteiger charge is 2.15. The van der Waals surface area contributed by atoms with Crippen LogP contribution < -0.4 is 10.6 Å². The van der Waals surface area contributed by atoms with Gasteiger partial charge in [-0.05, 0) is 48.4 Å². The first-order chi connectivity index (χ1) is 10.0. The van der Waals surface area contributed by atoms with Crippen LogP contribution in [-0.2, 0) is 6.42 Å². The van der Waals surface area contributed by atoms with Crippen molar-refractivity contribution in [3.8, 4) is 0 Å². The first-order valence-electron chi connectivity index (χ1n) is 6.93. The van der Waals surface area contributed by atoms with E-state index in [0.717, 1.165) is 12.0 Å². The van der Waals surface area contributed by atoms with Crippen molar-refractivity contribution >= 4 is 28.9 Å². The van der Waals surface area contributed by atoms with Crippen LogP contribution in [0.1, 0.15) is 17.0 Å². The summed E-state index contributed by atoms with van der Waals surface area (Å²) in [6.45, 7) is 0.558. The first-order valence-corrected chi connectivity index (χ1v) is 7.68. The van der Waals surface area contributed by atoms with Gasteiger partial charge in [0.2, 0.25) is 0 Å². The molecule has 21 heavy (non-hydrogen) atoms. The lowest BCUT2D eigenvalue weighted by molar-refractivity contribution is 0.694. The molecule has 1 atom stereocenters. The minimum Gasteiger partial charge on any atom is -0.378 e. The second kappa shape index (κ2) is 7.17. The normalized spacial score (nSPS) is 12.2. The Kier molecular flexibility index (Phi) is 5.51. The molecule has 0 radical (unpaired) electrons. The van der Waals surface area contributed by atoms with Gasteiger partial charge in [-0.2, -0.15) is 0 Å². The number of anilines is 1. The molecule has 112 valence electrons. The van der Waals surface area contributed by atoms with Crippen molar-refractivity contribution in [3.05, 3.63) is 63.6 Å². The van der Waals surface area contributed by atoms with Gasteiger partial charge in [-0.3, -0.25) is 0 Å². The van der Waals surface area contributed by atoms with Crippen LogP contribution in [0.3, 0.4) is 0 Å². The van der Waals surface area contributed by atoms with Crippen LogP contribution in [0.2, 0.25) is 10.0 Å². The molecule has 0 aliphatic rings. The molecule has 0 saturated carbocycles. The zero-order chi connectivity index (χ0) is 15.4. The summed E-state index contributed by atoms with van der Waals surface area (Å²) in [6, 6.07) is 14.0. The van der Waals surface area contributed by atoms with Gasteiger partial charge in [0.1, 0.15) is 0 Å². The minimum absolute atomic E-state index is 0.207. The van der Waals surface area contributed by atoms with Gasteiger partial charge in [-0.1, -0.05) is 41.4 Å². The van der Waals surface area contributed by atoms with E-state index >= 15 is 0 Å². The molecule has 0 saturated heterocycles. The summed E-state index contributed by atoms with van der Waals surface area (Å²) in [7, 11) is 4.05. The zero-order valence-corrected chi connectivity index (χ0v) is 13.8. The standard InChI is InChI=1S/C17H20Cl2N2/c1-21(2)14-8-6-12(7-9-14)13(11-20)10-15-16(18)4-3-5-17(15)19/h3-9,13H,10-11,20H2,1-2H3. The Hall–Kier alpha value is -1.22. The van der Waals surface area contributed by atoms with E-state index in [0.29, 0.717) is 16.6 Å². The van der Waals surface area contributed by atoms with Gasteiger partial charge in [0.25, 0.3) is 0 Å². The molecule has 0 aliphatic carbocycles. The molecule has 2 aromatic carbocycles. The SMILES string of the molecule is CN(C)c1ccc(C(CN)Cc2c(Cl)cccc2Cl)cc1. The number of benzene rings is 2. The Bertz CT molecular complexity index is 574. The third-order valence-corrected chi connectivity index (χ3v) is 4.39. The van der Waals surface area contributed by atoms with E-state index in [4.69, 9.17) is 28.9 Å². The first kappa shape index (κ1) is 16.2. The Balaban J connectivity index is 2.24. The fourth-order valence-corrected chi connectivity index (χ4v) is 2.91. The molecule has 2 nitrogen and oxygen atoms in total. The molecule has 0 aromatic heterocycles. The second-order valence-corrected chi connectivity index (χ2v) is 6.14. The summed E-state index contributed by atoms with van der Waals surface area (Å²) in [5.74, 6) is 0.207. The number of nitrogens with two attached hydrogens (primary N) is 1. The van der Waals surface area contributed by atoms with Gasteiger partial charge >= 0.3 is 0 Å². The van der Waals surface area contributed by atoms with Crippen molar-refractivity contribution in [2.45, 2.75) is 12.3 Å². The van der Waals surface area contributed by atoms with Crippen LogP contribution in [0.5, 0.6) is 0 Å². The third-order valence-electron chi connectivity index (χ3n) is 3.68. The summed E-state index contributed by atoms with van der Waals surface area (Å²) in [5, 5.41) is 1.40. The van der Waals surface area contributed by atoms with E-state index in [1.54, 1.807) is 0 Å². The van der Waals surface area contributed by atoms with Gasteiger partial charge < -0.3 is 10.6 Å². The summed E-state index contributed by atoms with van der Waals surface area (Å²) in [6.07, 6.45) is 0.746. The molecule has 0 spiro atoms. The molecule has 2 aromatic rings. The van der Waals surface area contributed by atoms with Crippen LogP contribution in [-0.4, -0.2) is 20.6 Å². The number of halogens is 2. The fraction of sp³-hybridized carbons (Fsp3) is 0.294. The van der Waals surface area contributed by atoms with Gasteiger partial charge in [-0.15, -0.1) is 0 Å². The van der Waals surface area contributed by atoms with E-state index in [9.17, 15) is 0 Å². The van der Waals surface area contributed by atoms with Crippen LogP contribution in [0, 0.1) is 0 Å². The van der Waals surface area contributed by atoms with E-state index in [-0.39, 0.29) is 5.92 Å². The molecule has 0 bridgehead atoms. The molecular weight excluding hydrogens is 303 g/mol. The van der Waals surface area contributed by atoms with Crippen molar-refractivity contribution in [3.63, 3.8) is 0 Å². The molecule has 1 unspecified atom stereocenters. The summed E-state index contributed by atoms with van der Waals surface area (Å²) >= 11 is 12.5. The van der Waals surface area contributed by atoms with Crippen molar-refractivity contribution in [2.75, 3.05) is 25.5 Å². The van der Waals surface area contributed by atoms with Crippen molar-refractivity contribution in [2.24, 2.45) is 5.73 Å². The van der Waals surface area contributed by atoms with E-state index in [1.165, 1.54) is 11.3 Å². The van der Waals surface area contributed by atoms with Crippen molar-refractivity contribution in [1.82, 2.24) is 0 Å². The highest BCUT2D eigenvalue weighted by Crippen LogP contribution is 2.30. The smallest absolute Gasteiger partial charge is 0.0453 e. The van der Waals surface area contributed by atoms with Crippen LogP contribution >= 0.6 is 23.2 Å². The maximum atomic E-state index is 6.25. The predicted molar refractivity (Wildman–Crippen MR) is 92.7 cm³/mol. The Morgan fingerprint density at radius 2 is 1.57 bits per heavy atom. The fourth-order valence-electron chi connectivity index (χ4n) is 2.36. The number of hydrogen-bond acceptors (Lipinski definition) is 2. The maximum Gasteiger partial charge on any atom is 0.0453 e. The molecule has 0 heterocycles. The number of nitrogens with zero attached hydrogens (tertiary/aromatic N) is 1. The van der Waals surface area contributed by atoms with Gasteiger partial charge in [0.15, 0.2) is 0 Å². The second-order valence-electron chi connectivity index (χ2n) is 5.32. The number of hydrogen-bond donors (Lipinski definition) is 1. The zero-order valence-electron chi connectivity index (χ0n) is 12.3. The lowest BCUT2D eigenvalue weighted by Crippen LogP contribution is -2.16.